The number of carbonyl (C=O) groups is 2. The maximum Gasteiger partial charge on any atom is 0.307 e. The summed E-state index contributed by atoms with van der Waals surface area (Å²) in [6.07, 6.45) is 1.01. The molecular formula is C15H18FNO3. The summed E-state index contributed by atoms with van der Waals surface area (Å²) < 4.78 is 13.7. The molecule has 0 aromatic heterocycles. The summed E-state index contributed by atoms with van der Waals surface area (Å²) in [5.41, 5.74) is 0.864. The predicted octanol–water partition coefficient (Wildman–Crippen LogP) is 2.82. The fraction of sp³-hybridized carbons (Fsp3) is 0.467. The Morgan fingerprint density at radius 3 is 2.55 bits per heavy atom. The Bertz CT molecular complexity index is 544. The van der Waals surface area contributed by atoms with Gasteiger partial charge >= 0.3 is 5.97 Å². The maximum absolute atomic E-state index is 13.7. The van der Waals surface area contributed by atoms with Gasteiger partial charge in [0.25, 0.3) is 0 Å². The molecule has 1 aromatic rings. The van der Waals surface area contributed by atoms with Crippen molar-refractivity contribution in [1.29, 1.82) is 0 Å². The number of aliphatic carboxylic acids is 1. The van der Waals surface area contributed by atoms with E-state index in [2.05, 4.69) is 5.32 Å². The Morgan fingerprint density at radius 2 is 1.95 bits per heavy atom. The highest BCUT2D eigenvalue weighted by molar-refractivity contribution is 5.95. The smallest absolute Gasteiger partial charge is 0.307 e. The van der Waals surface area contributed by atoms with Crippen LogP contribution < -0.4 is 5.32 Å². The number of carboxylic acids is 1. The molecule has 1 aromatic carbocycles. The van der Waals surface area contributed by atoms with E-state index in [4.69, 9.17) is 5.11 Å². The second kappa shape index (κ2) is 5.61. The zero-order valence-corrected chi connectivity index (χ0v) is 11.5. The first kappa shape index (κ1) is 14.5. The monoisotopic (exact) mass is 279 g/mol. The van der Waals surface area contributed by atoms with Gasteiger partial charge in [-0.05, 0) is 43.4 Å². The number of anilines is 1. The van der Waals surface area contributed by atoms with Crippen molar-refractivity contribution >= 4 is 17.6 Å². The fourth-order valence-corrected chi connectivity index (χ4v) is 2.80. The number of amides is 1. The van der Waals surface area contributed by atoms with Gasteiger partial charge < -0.3 is 10.4 Å². The Morgan fingerprint density at radius 1 is 1.30 bits per heavy atom. The fourth-order valence-electron chi connectivity index (χ4n) is 2.80. The first-order valence-corrected chi connectivity index (χ1v) is 6.68. The molecule has 4 nitrogen and oxygen atoms in total. The largest absolute Gasteiger partial charge is 0.481 e. The molecule has 1 amide bonds. The third-order valence-corrected chi connectivity index (χ3v) is 3.83. The summed E-state index contributed by atoms with van der Waals surface area (Å²) in [4.78, 5) is 23.3. The summed E-state index contributed by atoms with van der Waals surface area (Å²) in [6.45, 7) is 3.68. The van der Waals surface area contributed by atoms with Crippen molar-refractivity contribution in [3.8, 4) is 0 Å². The minimum Gasteiger partial charge on any atom is -0.481 e. The Labute approximate surface area is 117 Å². The van der Waals surface area contributed by atoms with Crippen LogP contribution in [0.25, 0.3) is 0 Å². The third kappa shape index (κ3) is 2.98. The first-order chi connectivity index (χ1) is 9.38. The van der Waals surface area contributed by atoms with Crippen molar-refractivity contribution in [2.45, 2.75) is 26.7 Å². The van der Waals surface area contributed by atoms with Crippen LogP contribution in [0, 0.1) is 30.5 Å². The Kier molecular flexibility index (Phi) is 4.06. The number of carboxylic acid groups (broad SMARTS) is 1. The van der Waals surface area contributed by atoms with Crippen LogP contribution in [-0.4, -0.2) is 17.0 Å². The number of carbonyl (C=O) groups excluding carboxylic acids is 1. The normalized spacial score (nSPS) is 25.4. The zero-order chi connectivity index (χ0) is 14.9. The molecule has 1 aliphatic carbocycles. The summed E-state index contributed by atoms with van der Waals surface area (Å²) in [7, 11) is 0. The summed E-state index contributed by atoms with van der Waals surface area (Å²) in [5.74, 6) is -2.96. The molecule has 1 aliphatic rings. The van der Waals surface area contributed by atoms with E-state index < -0.39 is 29.5 Å². The second-order valence-corrected chi connectivity index (χ2v) is 5.60. The molecule has 1 unspecified atom stereocenters. The number of rotatable bonds is 3. The lowest BCUT2D eigenvalue weighted by molar-refractivity contribution is -0.145. The minimum absolute atomic E-state index is 0.101. The molecule has 3 atom stereocenters. The summed E-state index contributed by atoms with van der Waals surface area (Å²) in [5, 5.41) is 11.7. The van der Waals surface area contributed by atoms with Crippen LogP contribution in [0.1, 0.15) is 25.3 Å². The molecule has 0 aliphatic heterocycles. The molecule has 108 valence electrons. The minimum atomic E-state index is -0.959. The molecular weight excluding hydrogens is 261 g/mol. The number of hydrogen-bond acceptors (Lipinski definition) is 2. The van der Waals surface area contributed by atoms with Gasteiger partial charge in [0.2, 0.25) is 5.91 Å². The van der Waals surface area contributed by atoms with Crippen molar-refractivity contribution < 1.29 is 19.1 Å². The van der Waals surface area contributed by atoms with Gasteiger partial charge in [0.15, 0.2) is 0 Å². The van der Waals surface area contributed by atoms with E-state index in [1.807, 2.05) is 6.92 Å². The van der Waals surface area contributed by atoms with Gasteiger partial charge in [0, 0.05) is 0 Å². The highest BCUT2D eigenvalue weighted by Crippen LogP contribution is 2.37. The van der Waals surface area contributed by atoms with Crippen molar-refractivity contribution in [3.05, 3.63) is 29.6 Å². The van der Waals surface area contributed by atoms with Gasteiger partial charge in [-0.1, -0.05) is 13.0 Å². The van der Waals surface area contributed by atoms with Crippen LogP contribution >= 0.6 is 0 Å². The topological polar surface area (TPSA) is 66.4 Å². The quantitative estimate of drug-likeness (QED) is 0.894. The molecule has 0 heterocycles. The maximum atomic E-state index is 13.7. The van der Waals surface area contributed by atoms with Gasteiger partial charge in [-0.2, -0.15) is 0 Å². The van der Waals surface area contributed by atoms with Gasteiger partial charge in [-0.15, -0.1) is 0 Å². The molecule has 1 saturated carbocycles. The van der Waals surface area contributed by atoms with E-state index in [0.29, 0.717) is 12.8 Å². The molecule has 1 fully saturated rings. The molecule has 5 heteroatoms. The second-order valence-electron chi connectivity index (χ2n) is 5.60. The van der Waals surface area contributed by atoms with Gasteiger partial charge in [-0.25, -0.2) is 4.39 Å². The van der Waals surface area contributed by atoms with Crippen LogP contribution in [-0.2, 0) is 9.59 Å². The lowest BCUT2D eigenvalue weighted by Gasteiger charge is -2.16. The third-order valence-electron chi connectivity index (χ3n) is 3.83. The number of hydrogen-bond donors (Lipinski definition) is 2. The summed E-state index contributed by atoms with van der Waals surface area (Å²) >= 11 is 0. The van der Waals surface area contributed by atoms with Gasteiger partial charge in [0.1, 0.15) is 5.82 Å². The molecule has 20 heavy (non-hydrogen) atoms. The van der Waals surface area contributed by atoms with Crippen LogP contribution in [0.2, 0.25) is 0 Å². The standard InChI is InChI=1S/C15H18FNO3/c1-8-3-4-13(12(16)7-8)17-14(18)10-5-9(2)6-11(10)15(19)20/h3-4,7,9-11H,5-6H2,1-2H3,(H,17,18)(H,19,20)/t9?,10-,11+/m0/s1. The van der Waals surface area contributed by atoms with Crippen LogP contribution in [0.4, 0.5) is 10.1 Å². The number of halogens is 1. The van der Waals surface area contributed by atoms with E-state index in [1.165, 1.54) is 12.1 Å². The first-order valence-electron chi connectivity index (χ1n) is 6.68. The van der Waals surface area contributed by atoms with Gasteiger partial charge in [-0.3, -0.25) is 9.59 Å². The molecule has 0 bridgehead atoms. The SMILES string of the molecule is Cc1ccc(NC(=O)[C@H]2CC(C)C[C@H]2C(=O)O)c(F)c1. The average molecular weight is 279 g/mol. The lowest BCUT2D eigenvalue weighted by Crippen LogP contribution is -2.30. The Hall–Kier alpha value is -1.91. The van der Waals surface area contributed by atoms with Crippen molar-refractivity contribution in [3.63, 3.8) is 0 Å². The van der Waals surface area contributed by atoms with E-state index >= 15 is 0 Å². The van der Waals surface area contributed by atoms with E-state index in [1.54, 1.807) is 13.0 Å². The average Bonchev–Trinajstić information content (AvgIpc) is 2.75. The molecule has 2 N–H and O–H groups in total. The number of nitrogens with one attached hydrogen (secondary N) is 1. The zero-order valence-electron chi connectivity index (χ0n) is 11.5. The number of benzene rings is 1. The van der Waals surface area contributed by atoms with Crippen molar-refractivity contribution in [2.75, 3.05) is 5.32 Å². The highest BCUT2D eigenvalue weighted by Gasteiger charge is 2.41. The van der Waals surface area contributed by atoms with E-state index in [0.717, 1.165) is 5.56 Å². The van der Waals surface area contributed by atoms with Crippen molar-refractivity contribution in [1.82, 2.24) is 0 Å². The van der Waals surface area contributed by atoms with Crippen LogP contribution in [0.3, 0.4) is 0 Å². The van der Waals surface area contributed by atoms with Crippen LogP contribution in [0.15, 0.2) is 18.2 Å². The van der Waals surface area contributed by atoms with Crippen LogP contribution in [0.5, 0.6) is 0 Å². The lowest BCUT2D eigenvalue weighted by atomic mass is 9.95. The predicted molar refractivity (Wildman–Crippen MR) is 72.8 cm³/mol. The van der Waals surface area contributed by atoms with E-state index in [9.17, 15) is 14.0 Å². The number of aryl methyl sites for hydroxylation is 1. The van der Waals surface area contributed by atoms with Crippen molar-refractivity contribution in [2.24, 2.45) is 17.8 Å². The van der Waals surface area contributed by atoms with E-state index in [-0.39, 0.29) is 11.6 Å². The van der Waals surface area contributed by atoms with Gasteiger partial charge in [0.05, 0.1) is 17.5 Å². The molecule has 0 radical (unpaired) electrons. The molecule has 0 spiro atoms. The highest BCUT2D eigenvalue weighted by atomic mass is 19.1. The summed E-state index contributed by atoms with van der Waals surface area (Å²) in [6, 6.07) is 4.53. The molecule has 2 rings (SSSR count). The Balaban J connectivity index is 2.13. The molecule has 0 saturated heterocycles.